The lowest BCUT2D eigenvalue weighted by atomic mass is 10.1. The van der Waals surface area contributed by atoms with E-state index in [1.807, 2.05) is 0 Å². The number of halogens is 1. The molecule has 0 unspecified atom stereocenters. The second-order valence-corrected chi connectivity index (χ2v) is 5.91. The molecule has 0 atom stereocenters. The van der Waals surface area contributed by atoms with E-state index in [-0.39, 0.29) is 42.8 Å². The predicted molar refractivity (Wildman–Crippen MR) is 97.3 cm³/mol. The molecule has 2 amide bonds. The number of rotatable bonds is 8. The van der Waals surface area contributed by atoms with Crippen LogP contribution in [0.15, 0.2) is 48.5 Å². The lowest BCUT2D eigenvalue weighted by Gasteiger charge is -2.20. The van der Waals surface area contributed by atoms with Crippen LogP contribution in [0.5, 0.6) is 0 Å². The highest BCUT2D eigenvalue weighted by atomic mass is 19.1. The number of non-ortho nitro benzene ring substituents is 1. The van der Waals surface area contributed by atoms with Crippen LogP contribution in [0.4, 0.5) is 10.1 Å². The van der Waals surface area contributed by atoms with Crippen molar-refractivity contribution in [2.24, 2.45) is 0 Å². The average Bonchev–Trinajstić information content (AvgIpc) is 2.66. The lowest BCUT2D eigenvalue weighted by Crippen LogP contribution is -2.41. The van der Waals surface area contributed by atoms with Crippen LogP contribution < -0.4 is 5.32 Å². The summed E-state index contributed by atoms with van der Waals surface area (Å²) in [4.78, 5) is 36.0. The first kappa shape index (κ1) is 20.0. The van der Waals surface area contributed by atoms with Gasteiger partial charge in [0.25, 0.3) is 5.69 Å². The first-order chi connectivity index (χ1) is 12.9. The standard InChI is InChI=1S/C19H20FN3O4/c1-2-22(13-18(24)21-12-15-3-7-16(20)8-4-15)19(25)11-14-5-9-17(10-6-14)23(26)27/h3-10H,2,11-13H2,1H3,(H,21,24). The molecule has 0 saturated heterocycles. The summed E-state index contributed by atoms with van der Waals surface area (Å²) in [5, 5.41) is 13.3. The SMILES string of the molecule is CCN(CC(=O)NCc1ccc(F)cc1)C(=O)Cc1ccc([N+](=O)[O-])cc1. The van der Waals surface area contributed by atoms with Crippen LogP contribution >= 0.6 is 0 Å². The van der Waals surface area contributed by atoms with Crippen molar-refractivity contribution < 1.29 is 18.9 Å². The molecule has 0 aromatic heterocycles. The Kier molecular flexibility index (Phi) is 6.99. The number of benzene rings is 2. The molecular weight excluding hydrogens is 353 g/mol. The molecule has 2 aromatic rings. The molecule has 0 spiro atoms. The summed E-state index contributed by atoms with van der Waals surface area (Å²) in [6, 6.07) is 11.5. The van der Waals surface area contributed by atoms with Gasteiger partial charge < -0.3 is 10.2 Å². The molecule has 27 heavy (non-hydrogen) atoms. The Balaban J connectivity index is 1.87. The van der Waals surface area contributed by atoms with Crippen LogP contribution in [0, 0.1) is 15.9 Å². The van der Waals surface area contributed by atoms with Gasteiger partial charge in [0.2, 0.25) is 11.8 Å². The number of nitrogens with zero attached hydrogens (tertiary/aromatic N) is 2. The van der Waals surface area contributed by atoms with Crippen LogP contribution in [0.1, 0.15) is 18.1 Å². The molecule has 1 N–H and O–H groups in total. The Morgan fingerprint density at radius 1 is 1.07 bits per heavy atom. The summed E-state index contributed by atoms with van der Waals surface area (Å²) in [6.45, 7) is 2.27. The van der Waals surface area contributed by atoms with Gasteiger partial charge in [-0.1, -0.05) is 24.3 Å². The summed E-state index contributed by atoms with van der Waals surface area (Å²) >= 11 is 0. The number of amides is 2. The largest absolute Gasteiger partial charge is 0.350 e. The first-order valence-electron chi connectivity index (χ1n) is 8.41. The topological polar surface area (TPSA) is 92.6 Å². The van der Waals surface area contributed by atoms with E-state index < -0.39 is 4.92 Å². The van der Waals surface area contributed by atoms with Gasteiger partial charge in [-0.2, -0.15) is 0 Å². The molecule has 0 aliphatic heterocycles. The molecule has 8 heteroatoms. The number of nitro groups is 1. The highest BCUT2D eigenvalue weighted by Crippen LogP contribution is 2.13. The molecule has 2 aromatic carbocycles. The Morgan fingerprint density at radius 3 is 2.22 bits per heavy atom. The molecule has 0 aliphatic carbocycles. The smallest absolute Gasteiger partial charge is 0.269 e. The highest BCUT2D eigenvalue weighted by Gasteiger charge is 2.16. The van der Waals surface area contributed by atoms with E-state index in [0.29, 0.717) is 12.1 Å². The Hall–Kier alpha value is -3.29. The zero-order chi connectivity index (χ0) is 19.8. The first-order valence-corrected chi connectivity index (χ1v) is 8.41. The molecule has 7 nitrogen and oxygen atoms in total. The van der Waals surface area contributed by atoms with E-state index in [2.05, 4.69) is 5.32 Å². The van der Waals surface area contributed by atoms with Crippen molar-refractivity contribution >= 4 is 17.5 Å². The number of carbonyl (C=O) groups is 2. The number of nitrogens with one attached hydrogen (secondary N) is 1. The van der Waals surface area contributed by atoms with E-state index in [4.69, 9.17) is 0 Å². The molecule has 2 rings (SSSR count). The zero-order valence-corrected chi connectivity index (χ0v) is 14.9. The fraction of sp³-hybridized carbons (Fsp3) is 0.263. The molecule has 0 heterocycles. The molecule has 0 aliphatic rings. The van der Waals surface area contributed by atoms with Gasteiger partial charge in [-0.3, -0.25) is 19.7 Å². The molecular formula is C19H20FN3O4. The van der Waals surface area contributed by atoms with Crippen molar-refractivity contribution in [1.29, 1.82) is 0 Å². The van der Waals surface area contributed by atoms with Crippen molar-refractivity contribution in [2.45, 2.75) is 19.9 Å². The van der Waals surface area contributed by atoms with Gasteiger partial charge in [0, 0.05) is 25.2 Å². The Morgan fingerprint density at radius 2 is 1.67 bits per heavy atom. The van der Waals surface area contributed by atoms with Gasteiger partial charge >= 0.3 is 0 Å². The quantitative estimate of drug-likeness (QED) is 0.568. The van der Waals surface area contributed by atoms with Crippen molar-refractivity contribution in [3.05, 3.63) is 75.6 Å². The summed E-state index contributed by atoms with van der Waals surface area (Å²) in [7, 11) is 0. The van der Waals surface area contributed by atoms with Gasteiger partial charge in [0.1, 0.15) is 5.82 Å². The van der Waals surface area contributed by atoms with Crippen LogP contribution in [0.25, 0.3) is 0 Å². The van der Waals surface area contributed by atoms with E-state index in [9.17, 15) is 24.1 Å². The van der Waals surface area contributed by atoms with Gasteiger partial charge in [-0.15, -0.1) is 0 Å². The summed E-state index contributed by atoms with van der Waals surface area (Å²) in [5.74, 6) is -0.916. The second kappa shape index (κ2) is 9.42. The maximum Gasteiger partial charge on any atom is 0.269 e. The number of hydrogen-bond acceptors (Lipinski definition) is 4. The molecule has 0 fully saturated rings. The van der Waals surface area contributed by atoms with E-state index in [0.717, 1.165) is 5.56 Å². The van der Waals surface area contributed by atoms with E-state index in [1.165, 1.54) is 41.3 Å². The van der Waals surface area contributed by atoms with Crippen LogP contribution in [0.3, 0.4) is 0 Å². The fourth-order valence-electron chi connectivity index (χ4n) is 2.43. The maximum absolute atomic E-state index is 12.9. The number of nitro benzene ring substituents is 1. The highest BCUT2D eigenvalue weighted by molar-refractivity contribution is 5.85. The van der Waals surface area contributed by atoms with Crippen molar-refractivity contribution in [2.75, 3.05) is 13.1 Å². The Bertz CT molecular complexity index is 807. The van der Waals surface area contributed by atoms with E-state index >= 15 is 0 Å². The predicted octanol–water partition coefficient (Wildman–Crippen LogP) is 2.44. The van der Waals surface area contributed by atoms with Crippen molar-refractivity contribution in [3.8, 4) is 0 Å². The minimum Gasteiger partial charge on any atom is -0.350 e. The third-order valence-electron chi connectivity index (χ3n) is 3.97. The minimum absolute atomic E-state index is 0.0429. The monoisotopic (exact) mass is 373 g/mol. The zero-order valence-electron chi connectivity index (χ0n) is 14.9. The normalized spacial score (nSPS) is 10.3. The van der Waals surface area contributed by atoms with Gasteiger partial charge in [0.15, 0.2) is 0 Å². The summed E-state index contributed by atoms with van der Waals surface area (Å²) in [5.41, 5.74) is 1.35. The maximum atomic E-state index is 12.9. The molecule has 142 valence electrons. The van der Waals surface area contributed by atoms with Crippen LogP contribution in [-0.4, -0.2) is 34.7 Å². The number of hydrogen-bond donors (Lipinski definition) is 1. The van der Waals surface area contributed by atoms with Gasteiger partial charge in [0.05, 0.1) is 17.9 Å². The minimum atomic E-state index is -0.505. The molecule has 0 bridgehead atoms. The second-order valence-electron chi connectivity index (χ2n) is 5.91. The summed E-state index contributed by atoms with van der Waals surface area (Å²) < 4.78 is 12.9. The average molecular weight is 373 g/mol. The van der Waals surface area contributed by atoms with Crippen LogP contribution in [0.2, 0.25) is 0 Å². The third kappa shape index (κ3) is 6.18. The van der Waals surface area contributed by atoms with E-state index in [1.54, 1.807) is 19.1 Å². The Labute approximate surface area is 155 Å². The lowest BCUT2D eigenvalue weighted by molar-refractivity contribution is -0.384. The van der Waals surface area contributed by atoms with Gasteiger partial charge in [-0.05, 0) is 30.2 Å². The van der Waals surface area contributed by atoms with Crippen molar-refractivity contribution in [1.82, 2.24) is 10.2 Å². The summed E-state index contributed by atoms with van der Waals surface area (Å²) in [6.07, 6.45) is 0.0527. The number of likely N-dealkylation sites (N-methyl/N-ethyl adjacent to an activating group) is 1. The van der Waals surface area contributed by atoms with Gasteiger partial charge in [-0.25, -0.2) is 4.39 Å². The fourth-order valence-corrected chi connectivity index (χ4v) is 2.43. The third-order valence-corrected chi connectivity index (χ3v) is 3.97. The van der Waals surface area contributed by atoms with Crippen molar-refractivity contribution in [3.63, 3.8) is 0 Å². The molecule has 0 saturated carbocycles. The number of carbonyl (C=O) groups excluding carboxylic acids is 2. The van der Waals surface area contributed by atoms with Crippen LogP contribution in [-0.2, 0) is 22.6 Å². The molecule has 0 radical (unpaired) electrons.